The van der Waals surface area contributed by atoms with E-state index in [0.717, 1.165) is 15.9 Å². The Morgan fingerprint density at radius 1 is 1.20 bits per heavy atom. The predicted molar refractivity (Wildman–Crippen MR) is 81.0 cm³/mol. The molecule has 0 saturated heterocycles. The minimum Gasteiger partial charge on any atom is -0.466 e. The fraction of sp³-hybridized carbons (Fsp3) is 0.231. The van der Waals surface area contributed by atoms with E-state index in [4.69, 9.17) is 4.42 Å². The molecule has 7 heteroatoms. The molecule has 0 amide bonds. The van der Waals surface area contributed by atoms with Gasteiger partial charge in [-0.1, -0.05) is 6.92 Å². The Hall–Kier alpha value is -1.31. The summed E-state index contributed by atoms with van der Waals surface area (Å²) >= 11 is 3.37. The minimum atomic E-state index is -3.40. The van der Waals surface area contributed by atoms with Crippen LogP contribution in [0.25, 0.3) is 0 Å². The number of anilines is 1. The lowest BCUT2D eigenvalue weighted by Crippen LogP contribution is -2.23. The summed E-state index contributed by atoms with van der Waals surface area (Å²) in [6, 6.07) is 8.40. The van der Waals surface area contributed by atoms with E-state index < -0.39 is 10.0 Å². The van der Waals surface area contributed by atoms with Gasteiger partial charge in [0.05, 0.1) is 22.2 Å². The van der Waals surface area contributed by atoms with Gasteiger partial charge in [-0.3, -0.25) is 0 Å². The lowest BCUT2D eigenvalue weighted by atomic mass is 10.3. The summed E-state index contributed by atoms with van der Waals surface area (Å²) in [7, 11) is -3.40. The zero-order valence-electron chi connectivity index (χ0n) is 10.9. The highest BCUT2D eigenvalue weighted by Gasteiger charge is 2.11. The van der Waals surface area contributed by atoms with Gasteiger partial charge in [0, 0.05) is 12.2 Å². The quantitative estimate of drug-likeness (QED) is 0.832. The van der Waals surface area contributed by atoms with E-state index in [1.165, 1.54) is 0 Å². The van der Waals surface area contributed by atoms with Crippen molar-refractivity contribution in [3.8, 4) is 0 Å². The molecule has 1 aromatic carbocycles. The number of halogens is 1. The molecule has 5 nitrogen and oxygen atoms in total. The fourth-order valence-electron chi connectivity index (χ4n) is 1.66. The molecule has 2 N–H and O–H groups in total. The van der Waals surface area contributed by atoms with Crippen LogP contribution in [0.3, 0.4) is 0 Å². The smallest absolute Gasteiger partial charge is 0.240 e. The Labute approximate surface area is 126 Å². The van der Waals surface area contributed by atoms with Gasteiger partial charge < -0.3 is 9.73 Å². The summed E-state index contributed by atoms with van der Waals surface area (Å²) in [5, 5.41) is 3.16. The topological polar surface area (TPSA) is 71.3 Å². The summed E-state index contributed by atoms with van der Waals surface area (Å²) in [6.07, 6.45) is 1.60. The van der Waals surface area contributed by atoms with E-state index >= 15 is 0 Å². The van der Waals surface area contributed by atoms with Crippen LogP contribution in [0.2, 0.25) is 0 Å². The lowest BCUT2D eigenvalue weighted by molar-refractivity contribution is 0.516. The molecule has 0 radical (unpaired) electrons. The molecule has 1 heterocycles. The van der Waals surface area contributed by atoms with Gasteiger partial charge >= 0.3 is 0 Å². The van der Waals surface area contributed by atoms with Gasteiger partial charge in [0.15, 0.2) is 0 Å². The molecule has 0 aliphatic heterocycles. The average molecular weight is 359 g/mol. The third-order valence-electron chi connectivity index (χ3n) is 2.64. The second-order valence-corrected chi connectivity index (χ2v) is 6.69. The Morgan fingerprint density at radius 2 is 1.90 bits per heavy atom. The Bertz CT molecular complexity index is 665. The number of nitrogens with one attached hydrogen (secondary N) is 2. The van der Waals surface area contributed by atoms with E-state index in [1.807, 2.05) is 6.07 Å². The Morgan fingerprint density at radius 3 is 2.45 bits per heavy atom. The van der Waals surface area contributed by atoms with Gasteiger partial charge in [0.2, 0.25) is 10.0 Å². The largest absolute Gasteiger partial charge is 0.466 e. The molecule has 1 aromatic heterocycles. The molecular weight excluding hydrogens is 344 g/mol. The standard InChI is InChI=1S/C13H15BrN2O3S/c1-2-16-20(17,18)11-5-3-10(4-6-11)15-9-13-12(14)7-8-19-13/h3-8,15-16H,2,9H2,1H3. The van der Waals surface area contributed by atoms with Crippen LogP contribution in [0.5, 0.6) is 0 Å². The van der Waals surface area contributed by atoms with Crippen LogP contribution in [0.1, 0.15) is 12.7 Å². The van der Waals surface area contributed by atoms with E-state index in [9.17, 15) is 8.42 Å². The SMILES string of the molecule is CCNS(=O)(=O)c1ccc(NCc2occc2Br)cc1. The molecule has 0 spiro atoms. The molecule has 2 aromatic rings. The monoisotopic (exact) mass is 358 g/mol. The first-order valence-corrected chi connectivity index (χ1v) is 8.36. The number of furan rings is 1. The summed E-state index contributed by atoms with van der Waals surface area (Å²) in [5.74, 6) is 0.786. The first-order valence-electron chi connectivity index (χ1n) is 6.08. The molecule has 0 unspecified atom stereocenters. The number of sulfonamides is 1. The van der Waals surface area contributed by atoms with Crippen molar-refractivity contribution in [2.45, 2.75) is 18.4 Å². The third kappa shape index (κ3) is 3.62. The van der Waals surface area contributed by atoms with Gasteiger partial charge in [-0.15, -0.1) is 0 Å². The van der Waals surface area contributed by atoms with Gasteiger partial charge in [-0.05, 0) is 46.3 Å². The van der Waals surface area contributed by atoms with E-state index in [1.54, 1.807) is 37.5 Å². The zero-order valence-corrected chi connectivity index (χ0v) is 13.3. The van der Waals surface area contributed by atoms with Crippen LogP contribution < -0.4 is 10.0 Å². The molecule has 20 heavy (non-hydrogen) atoms. The van der Waals surface area contributed by atoms with E-state index in [2.05, 4.69) is 26.0 Å². The van der Waals surface area contributed by atoms with Crippen molar-refractivity contribution in [3.63, 3.8) is 0 Å². The molecule has 0 atom stereocenters. The maximum absolute atomic E-state index is 11.8. The summed E-state index contributed by atoms with van der Waals surface area (Å²) < 4.78 is 32.2. The molecule has 0 aliphatic carbocycles. The number of hydrogen-bond acceptors (Lipinski definition) is 4. The van der Waals surface area contributed by atoms with Crippen LogP contribution in [-0.2, 0) is 16.6 Å². The van der Waals surface area contributed by atoms with Gasteiger partial charge in [-0.25, -0.2) is 13.1 Å². The van der Waals surface area contributed by atoms with Crippen molar-refractivity contribution in [1.82, 2.24) is 4.72 Å². The van der Waals surface area contributed by atoms with Crippen molar-refractivity contribution < 1.29 is 12.8 Å². The highest BCUT2D eigenvalue weighted by molar-refractivity contribution is 9.10. The van der Waals surface area contributed by atoms with Crippen molar-refractivity contribution in [1.29, 1.82) is 0 Å². The van der Waals surface area contributed by atoms with Crippen molar-refractivity contribution in [2.75, 3.05) is 11.9 Å². The maximum Gasteiger partial charge on any atom is 0.240 e. The maximum atomic E-state index is 11.8. The molecule has 0 saturated carbocycles. The number of rotatable bonds is 6. The highest BCUT2D eigenvalue weighted by Crippen LogP contribution is 2.20. The van der Waals surface area contributed by atoms with Gasteiger partial charge in [0.25, 0.3) is 0 Å². The summed E-state index contributed by atoms with van der Waals surface area (Å²) in [5.41, 5.74) is 0.823. The van der Waals surface area contributed by atoms with Gasteiger partial charge in [0.1, 0.15) is 5.76 Å². The number of hydrogen-bond donors (Lipinski definition) is 2. The zero-order chi connectivity index (χ0) is 14.6. The van der Waals surface area contributed by atoms with Crippen LogP contribution in [0.4, 0.5) is 5.69 Å². The second-order valence-electron chi connectivity index (χ2n) is 4.07. The van der Waals surface area contributed by atoms with Crippen LogP contribution in [0, 0.1) is 0 Å². The first kappa shape index (κ1) is 15.1. The molecule has 2 rings (SSSR count). The lowest BCUT2D eigenvalue weighted by Gasteiger charge is -2.07. The molecule has 0 bridgehead atoms. The number of benzene rings is 1. The highest BCUT2D eigenvalue weighted by atomic mass is 79.9. The summed E-state index contributed by atoms with van der Waals surface area (Å²) in [4.78, 5) is 0.254. The normalized spacial score (nSPS) is 11.5. The minimum absolute atomic E-state index is 0.254. The first-order chi connectivity index (χ1) is 9.53. The molecule has 0 fully saturated rings. The Balaban J connectivity index is 2.04. The fourth-order valence-corrected chi connectivity index (χ4v) is 3.04. The third-order valence-corrected chi connectivity index (χ3v) is 4.91. The van der Waals surface area contributed by atoms with Crippen molar-refractivity contribution >= 4 is 31.6 Å². The van der Waals surface area contributed by atoms with Crippen LogP contribution >= 0.6 is 15.9 Å². The van der Waals surface area contributed by atoms with Crippen LogP contribution in [-0.4, -0.2) is 15.0 Å². The van der Waals surface area contributed by atoms with Crippen molar-refractivity contribution in [3.05, 3.63) is 46.8 Å². The average Bonchev–Trinajstić information content (AvgIpc) is 2.82. The molecule has 0 aliphatic rings. The predicted octanol–water partition coefficient (Wildman–Crippen LogP) is 2.95. The van der Waals surface area contributed by atoms with E-state index in [-0.39, 0.29) is 4.90 Å². The Kier molecular flexibility index (Phi) is 4.85. The molecular formula is C13H15BrN2O3S. The van der Waals surface area contributed by atoms with Crippen molar-refractivity contribution in [2.24, 2.45) is 0 Å². The van der Waals surface area contributed by atoms with Gasteiger partial charge in [-0.2, -0.15) is 0 Å². The summed E-state index contributed by atoms with van der Waals surface area (Å²) in [6.45, 7) is 2.64. The van der Waals surface area contributed by atoms with Crippen LogP contribution in [0.15, 0.2) is 50.4 Å². The molecule has 108 valence electrons. The second kappa shape index (κ2) is 6.43. The van der Waals surface area contributed by atoms with E-state index in [0.29, 0.717) is 13.1 Å².